The van der Waals surface area contributed by atoms with Crippen LogP contribution in [-0.2, 0) is 4.79 Å². The number of piperazine rings is 1. The van der Waals surface area contributed by atoms with Crippen LogP contribution in [0.25, 0.3) is 0 Å². The van der Waals surface area contributed by atoms with Crippen LogP contribution < -0.4 is 15.2 Å². The quantitative estimate of drug-likeness (QED) is 0.602. The molecule has 2 aromatic carbocycles. The maximum absolute atomic E-state index is 12.8. The molecule has 5 nitrogen and oxygen atoms in total. The van der Waals surface area contributed by atoms with E-state index in [1.807, 2.05) is 6.07 Å². The zero-order valence-corrected chi connectivity index (χ0v) is 14.7. The highest BCUT2D eigenvalue weighted by atomic mass is 19.1. The van der Waals surface area contributed by atoms with Crippen molar-refractivity contribution in [2.45, 2.75) is 6.42 Å². The molecule has 0 spiro atoms. The van der Waals surface area contributed by atoms with E-state index in [2.05, 4.69) is 39.7 Å². The molecule has 26 heavy (non-hydrogen) atoms. The number of carbonyl (C=O) groups excluding carboxylic acids is 1. The minimum atomic E-state index is -0.290. The molecule has 0 radical (unpaired) electrons. The topological polar surface area (TPSA) is 49.1 Å². The molecule has 0 unspecified atom stereocenters. The lowest BCUT2D eigenvalue weighted by atomic mass is 10.2. The van der Waals surface area contributed by atoms with Crippen LogP contribution in [0.4, 0.5) is 10.1 Å². The number of para-hydroxylation sites is 1. The van der Waals surface area contributed by atoms with Gasteiger partial charge in [-0.1, -0.05) is 30.3 Å². The number of quaternary nitrogens is 1. The molecule has 0 atom stereocenters. The molecule has 2 N–H and O–H groups in total. The van der Waals surface area contributed by atoms with Gasteiger partial charge in [0.05, 0.1) is 45.4 Å². The third kappa shape index (κ3) is 5.39. The first-order chi connectivity index (χ1) is 12.7. The van der Waals surface area contributed by atoms with Crippen LogP contribution in [0.15, 0.2) is 59.7 Å². The van der Waals surface area contributed by atoms with E-state index in [1.54, 1.807) is 12.1 Å². The zero-order valence-electron chi connectivity index (χ0n) is 14.7. The van der Waals surface area contributed by atoms with Crippen LogP contribution in [0, 0.1) is 5.82 Å². The van der Waals surface area contributed by atoms with E-state index in [-0.39, 0.29) is 11.7 Å². The van der Waals surface area contributed by atoms with E-state index in [0.29, 0.717) is 6.42 Å². The van der Waals surface area contributed by atoms with Crippen molar-refractivity contribution >= 4 is 17.8 Å². The average Bonchev–Trinajstić information content (AvgIpc) is 2.69. The van der Waals surface area contributed by atoms with Gasteiger partial charge < -0.3 is 9.80 Å². The molecule has 1 fully saturated rings. The number of carbonyl (C=O) groups is 1. The highest BCUT2D eigenvalue weighted by Gasteiger charge is 2.20. The van der Waals surface area contributed by atoms with Gasteiger partial charge >= 0.3 is 0 Å². The Morgan fingerprint density at radius 2 is 1.81 bits per heavy atom. The van der Waals surface area contributed by atoms with Crippen LogP contribution in [0.3, 0.4) is 0 Å². The fourth-order valence-corrected chi connectivity index (χ4v) is 3.04. The van der Waals surface area contributed by atoms with Gasteiger partial charge in [0.25, 0.3) is 0 Å². The summed E-state index contributed by atoms with van der Waals surface area (Å²) in [5.74, 6) is -0.386. The van der Waals surface area contributed by atoms with Gasteiger partial charge in [0.2, 0.25) is 5.91 Å². The Labute approximate surface area is 153 Å². The van der Waals surface area contributed by atoms with Crippen LogP contribution >= 0.6 is 0 Å². The first-order valence-corrected chi connectivity index (χ1v) is 8.92. The van der Waals surface area contributed by atoms with Crippen LogP contribution in [0.1, 0.15) is 12.0 Å². The lowest BCUT2D eigenvalue weighted by Crippen LogP contribution is -3.15. The Morgan fingerprint density at radius 1 is 1.12 bits per heavy atom. The van der Waals surface area contributed by atoms with Gasteiger partial charge in [-0.3, -0.25) is 4.79 Å². The molecule has 0 bridgehead atoms. The smallest absolute Gasteiger partial charge is 0.245 e. The number of hydrogen-bond acceptors (Lipinski definition) is 3. The van der Waals surface area contributed by atoms with Crippen molar-refractivity contribution in [1.29, 1.82) is 0 Å². The van der Waals surface area contributed by atoms with Crippen LogP contribution in [0.5, 0.6) is 0 Å². The first-order valence-electron chi connectivity index (χ1n) is 8.92. The van der Waals surface area contributed by atoms with Crippen molar-refractivity contribution in [3.63, 3.8) is 0 Å². The fraction of sp³-hybridized carbons (Fsp3) is 0.300. The highest BCUT2D eigenvalue weighted by Crippen LogP contribution is 2.12. The molecular formula is C20H24FN4O+. The van der Waals surface area contributed by atoms with Gasteiger partial charge in [0.15, 0.2) is 0 Å². The maximum Gasteiger partial charge on any atom is 0.245 e. The number of nitrogens with one attached hydrogen (secondary N) is 2. The first kappa shape index (κ1) is 18.1. The van der Waals surface area contributed by atoms with E-state index < -0.39 is 0 Å². The average molecular weight is 355 g/mol. The van der Waals surface area contributed by atoms with Gasteiger partial charge in [0, 0.05) is 5.69 Å². The summed E-state index contributed by atoms with van der Waals surface area (Å²) >= 11 is 0. The molecule has 136 valence electrons. The molecule has 0 aliphatic carbocycles. The number of halogens is 1. The summed E-state index contributed by atoms with van der Waals surface area (Å²) in [4.78, 5) is 15.7. The minimum absolute atomic E-state index is 0.0960. The number of benzene rings is 2. The molecule has 6 heteroatoms. The standard InChI is InChI=1S/C20H23FN4O/c21-18-8-6-17(7-9-18)16-22-23-20(26)10-11-24-12-14-25(15-13-24)19-4-2-1-3-5-19/h1-9,16H,10-15H2,(H,23,26)/p+1/b22-16-. The second-order valence-electron chi connectivity index (χ2n) is 6.42. The monoisotopic (exact) mass is 355 g/mol. The molecule has 1 heterocycles. The molecule has 3 rings (SSSR count). The van der Waals surface area contributed by atoms with Crippen molar-refractivity contribution < 1.29 is 14.1 Å². The summed E-state index contributed by atoms with van der Waals surface area (Å²) < 4.78 is 12.8. The SMILES string of the molecule is O=C(CC[NH+]1CCN(c2ccccc2)CC1)N/N=C\c1ccc(F)cc1. The number of hydrazone groups is 1. The predicted molar refractivity (Wildman–Crippen MR) is 101 cm³/mol. The highest BCUT2D eigenvalue weighted by molar-refractivity contribution is 5.82. The lowest BCUT2D eigenvalue weighted by molar-refractivity contribution is -0.900. The second-order valence-corrected chi connectivity index (χ2v) is 6.42. The van der Waals surface area contributed by atoms with Gasteiger partial charge in [-0.05, 0) is 29.8 Å². The van der Waals surface area contributed by atoms with Crippen LogP contribution in [-0.4, -0.2) is 44.8 Å². The number of hydrogen-bond donors (Lipinski definition) is 2. The van der Waals surface area contributed by atoms with Crippen molar-refractivity contribution in [3.05, 3.63) is 66.0 Å². The summed E-state index contributed by atoms with van der Waals surface area (Å²) in [7, 11) is 0. The van der Waals surface area contributed by atoms with Crippen molar-refractivity contribution in [1.82, 2.24) is 5.43 Å². The van der Waals surface area contributed by atoms with Crippen molar-refractivity contribution in [2.75, 3.05) is 37.6 Å². The predicted octanol–water partition coefficient (Wildman–Crippen LogP) is 1.07. The maximum atomic E-state index is 12.8. The Balaban J connectivity index is 1.35. The fourth-order valence-electron chi connectivity index (χ4n) is 3.04. The van der Waals surface area contributed by atoms with Crippen molar-refractivity contribution in [2.24, 2.45) is 5.10 Å². The molecule has 0 saturated carbocycles. The van der Waals surface area contributed by atoms with E-state index >= 15 is 0 Å². The van der Waals surface area contributed by atoms with E-state index in [4.69, 9.17) is 0 Å². The zero-order chi connectivity index (χ0) is 18.2. The third-order valence-corrected chi connectivity index (χ3v) is 4.57. The Bertz CT molecular complexity index is 725. The summed E-state index contributed by atoms with van der Waals surface area (Å²) in [6.07, 6.45) is 1.96. The Morgan fingerprint density at radius 3 is 2.50 bits per heavy atom. The number of rotatable bonds is 6. The number of amides is 1. The third-order valence-electron chi connectivity index (χ3n) is 4.57. The van der Waals surface area contributed by atoms with Crippen LogP contribution in [0.2, 0.25) is 0 Å². The second kappa shape index (κ2) is 9.10. The largest absolute Gasteiger partial charge is 0.360 e. The minimum Gasteiger partial charge on any atom is -0.360 e. The summed E-state index contributed by atoms with van der Waals surface area (Å²) in [6.45, 7) is 4.87. The molecule has 1 saturated heterocycles. The van der Waals surface area contributed by atoms with Gasteiger partial charge in [0.1, 0.15) is 5.82 Å². The lowest BCUT2D eigenvalue weighted by Gasteiger charge is -2.33. The van der Waals surface area contributed by atoms with Gasteiger partial charge in [-0.2, -0.15) is 5.10 Å². The summed E-state index contributed by atoms with van der Waals surface area (Å²) in [5.41, 5.74) is 4.54. The number of anilines is 1. The molecule has 1 aliphatic rings. The van der Waals surface area contributed by atoms with E-state index in [0.717, 1.165) is 38.3 Å². The molecule has 2 aromatic rings. The normalized spacial score (nSPS) is 15.3. The number of nitrogens with zero attached hydrogens (tertiary/aromatic N) is 2. The summed E-state index contributed by atoms with van der Waals surface area (Å²) in [6, 6.07) is 16.4. The molecular weight excluding hydrogens is 331 g/mol. The van der Waals surface area contributed by atoms with Crippen molar-refractivity contribution in [3.8, 4) is 0 Å². The molecule has 1 amide bonds. The Hall–Kier alpha value is -2.73. The Kier molecular flexibility index (Phi) is 6.33. The molecule has 0 aromatic heterocycles. The van der Waals surface area contributed by atoms with E-state index in [1.165, 1.54) is 28.9 Å². The van der Waals surface area contributed by atoms with E-state index in [9.17, 15) is 9.18 Å². The summed E-state index contributed by atoms with van der Waals surface area (Å²) in [5, 5.41) is 3.92. The van der Waals surface area contributed by atoms with Gasteiger partial charge in [-0.15, -0.1) is 0 Å². The van der Waals surface area contributed by atoms with Gasteiger partial charge in [-0.25, -0.2) is 9.82 Å². The molecule has 1 aliphatic heterocycles.